The van der Waals surface area contributed by atoms with Gasteiger partial charge in [-0.2, -0.15) is 0 Å². The molecule has 25 heavy (non-hydrogen) atoms. The van der Waals surface area contributed by atoms with Gasteiger partial charge in [0.2, 0.25) is 0 Å². The molecule has 0 bridgehead atoms. The van der Waals surface area contributed by atoms with Gasteiger partial charge in [0.05, 0.1) is 16.3 Å². The molecule has 1 unspecified atom stereocenters. The molecule has 3 aromatic rings. The van der Waals surface area contributed by atoms with Crippen molar-refractivity contribution < 1.29 is 4.79 Å². The van der Waals surface area contributed by atoms with Crippen molar-refractivity contribution in [3.05, 3.63) is 45.4 Å². The molecule has 0 radical (unpaired) electrons. The first-order valence-electron chi connectivity index (χ1n) is 8.66. The molecule has 1 fully saturated rings. The highest BCUT2D eigenvalue weighted by atomic mass is 32.1. The third-order valence-electron chi connectivity index (χ3n) is 4.83. The molecular formula is C18H22N4OS2. The van der Waals surface area contributed by atoms with Crippen LogP contribution in [0.3, 0.4) is 0 Å². The third-order valence-corrected chi connectivity index (χ3v) is 6.46. The van der Waals surface area contributed by atoms with Crippen molar-refractivity contribution in [2.45, 2.75) is 26.3 Å². The molecule has 1 saturated heterocycles. The maximum absolute atomic E-state index is 12.1. The molecule has 132 valence electrons. The van der Waals surface area contributed by atoms with E-state index >= 15 is 0 Å². The molecule has 1 aliphatic rings. The van der Waals surface area contributed by atoms with Gasteiger partial charge in [0.1, 0.15) is 0 Å². The normalized spacial score (nSPS) is 18.7. The largest absolute Gasteiger partial charge is 0.351 e. The Balaban J connectivity index is 1.35. The summed E-state index contributed by atoms with van der Waals surface area (Å²) in [6.07, 6.45) is 4.47. The Kier molecular flexibility index (Phi) is 4.87. The van der Waals surface area contributed by atoms with Gasteiger partial charge >= 0.3 is 0 Å². The van der Waals surface area contributed by atoms with Crippen LogP contribution in [0.1, 0.15) is 33.9 Å². The smallest absolute Gasteiger partial charge is 0.261 e. The average Bonchev–Trinajstić information content (AvgIpc) is 3.33. The fraction of sp³-hybridized carbons (Fsp3) is 0.444. The summed E-state index contributed by atoms with van der Waals surface area (Å²) >= 11 is 3.18. The molecule has 0 aliphatic carbocycles. The minimum absolute atomic E-state index is 0.0544. The third kappa shape index (κ3) is 3.63. The van der Waals surface area contributed by atoms with Gasteiger partial charge in [0.25, 0.3) is 5.91 Å². The van der Waals surface area contributed by atoms with Crippen LogP contribution in [0.4, 0.5) is 0 Å². The summed E-state index contributed by atoms with van der Waals surface area (Å²) in [4.78, 5) is 21.1. The number of imidazole rings is 1. The van der Waals surface area contributed by atoms with Gasteiger partial charge in [-0.05, 0) is 43.7 Å². The number of aromatic nitrogens is 2. The minimum Gasteiger partial charge on any atom is -0.351 e. The number of nitrogens with one attached hydrogen (secondary N) is 1. The van der Waals surface area contributed by atoms with Crippen LogP contribution in [0.25, 0.3) is 4.96 Å². The van der Waals surface area contributed by atoms with Crippen molar-refractivity contribution in [2.24, 2.45) is 5.92 Å². The lowest BCUT2D eigenvalue weighted by atomic mass is 9.97. The lowest BCUT2D eigenvalue weighted by molar-refractivity contribution is 0.0934. The van der Waals surface area contributed by atoms with Crippen molar-refractivity contribution in [3.63, 3.8) is 0 Å². The van der Waals surface area contributed by atoms with E-state index in [1.165, 1.54) is 29.9 Å². The Labute approximate surface area is 155 Å². The second-order valence-corrected chi connectivity index (χ2v) is 8.45. The Morgan fingerprint density at radius 3 is 3.16 bits per heavy atom. The summed E-state index contributed by atoms with van der Waals surface area (Å²) in [5.41, 5.74) is 2.42. The van der Waals surface area contributed by atoms with Crippen molar-refractivity contribution in [1.82, 2.24) is 19.6 Å². The predicted octanol–water partition coefficient (Wildman–Crippen LogP) is 3.41. The first-order valence-corrected chi connectivity index (χ1v) is 10.4. The number of hydrogen-bond donors (Lipinski definition) is 1. The predicted molar refractivity (Wildman–Crippen MR) is 102 cm³/mol. The molecule has 4 rings (SSSR count). The van der Waals surface area contributed by atoms with Gasteiger partial charge in [-0.25, -0.2) is 4.98 Å². The highest BCUT2D eigenvalue weighted by Crippen LogP contribution is 2.22. The molecule has 7 heteroatoms. The Bertz CT molecular complexity index is 852. The van der Waals surface area contributed by atoms with Gasteiger partial charge in [0, 0.05) is 31.2 Å². The summed E-state index contributed by atoms with van der Waals surface area (Å²) in [6.45, 7) is 5.93. The van der Waals surface area contributed by atoms with Gasteiger partial charge in [-0.1, -0.05) is 6.07 Å². The van der Waals surface area contributed by atoms with Crippen LogP contribution < -0.4 is 5.32 Å². The fourth-order valence-corrected chi connectivity index (χ4v) is 4.96. The topological polar surface area (TPSA) is 49.6 Å². The van der Waals surface area contributed by atoms with Gasteiger partial charge in [0.15, 0.2) is 4.96 Å². The van der Waals surface area contributed by atoms with Crippen LogP contribution in [-0.2, 0) is 6.54 Å². The van der Waals surface area contributed by atoms with E-state index < -0.39 is 0 Å². The Morgan fingerprint density at radius 1 is 1.40 bits per heavy atom. The molecule has 1 amide bonds. The van der Waals surface area contributed by atoms with E-state index in [1.54, 1.807) is 11.3 Å². The molecule has 3 aromatic heterocycles. The summed E-state index contributed by atoms with van der Waals surface area (Å²) in [6, 6.07) is 3.79. The number of rotatable bonds is 5. The van der Waals surface area contributed by atoms with Crippen LogP contribution in [0.15, 0.2) is 29.1 Å². The number of carbonyl (C=O) groups is 1. The van der Waals surface area contributed by atoms with E-state index in [1.807, 2.05) is 17.5 Å². The van der Waals surface area contributed by atoms with E-state index in [0.29, 0.717) is 5.92 Å². The van der Waals surface area contributed by atoms with Crippen LogP contribution in [0.5, 0.6) is 0 Å². The molecule has 0 aromatic carbocycles. The highest BCUT2D eigenvalue weighted by Gasteiger charge is 2.22. The van der Waals surface area contributed by atoms with Gasteiger partial charge < -0.3 is 5.32 Å². The lowest BCUT2D eigenvalue weighted by Crippen LogP contribution is -2.40. The molecule has 5 nitrogen and oxygen atoms in total. The lowest BCUT2D eigenvalue weighted by Gasteiger charge is -2.32. The Morgan fingerprint density at radius 2 is 2.32 bits per heavy atom. The standard InChI is InChI=1S/C18H22N4OS2/c1-13-15(22-7-9-25-18(22)20-13)12-21-6-2-4-14(11-21)10-19-17(23)16-5-3-8-24-16/h3,5,7-9,14H,2,4,6,10-12H2,1H3,(H,19,23). The number of thiazole rings is 1. The maximum atomic E-state index is 12.1. The van der Waals surface area contributed by atoms with E-state index in [4.69, 9.17) is 0 Å². The number of amides is 1. The molecule has 0 spiro atoms. The highest BCUT2D eigenvalue weighted by molar-refractivity contribution is 7.15. The summed E-state index contributed by atoms with van der Waals surface area (Å²) in [7, 11) is 0. The fourth-order valence-electron chi connectivity index (χ4n) is 3.54. The zero-order valence-corrected chi connectivity index (χ0v) is 15.9. The quantitative estimate of drug-likeness (QED) is 0.745. The van der Waals surface area contributed by atoms with E-state index in [0.717, 1.165) is 41.7 Å². The number of fused-ring (bicyclic) bond motifs is 1. The first kappa shape index (κ1) is 16.8. The van der Waals surface area contributed by atoms with Crippen LogP contribution in [0, 0.1) is 12.8 Å². The molecule has 4 heterocycles. The summed E-state index contributed by atoms with van der Waals surface area (Å²) in [5.74, 6) is 0.572. The second-order valence-electron chi connectivity index (χ2n) is 6.63. The minimum atomic E-state index is 0.0544. The maximum Gasteiger partial charge on any atom is 0.261 e. The average molecular weight is 375 g/mol. The SMILES string of the molecule is Cc1nc2sccn2c1CN1CCCC(CNC(=O)c2cccs2)C1. The number of nitrogens with zero attached hydrogens (tertiary/aromatic N) is 3. The van der Waals surface area contributed by atoms with Crippen LogP contribution >= 0.6 is 22.7 Å². The van der Waals surface area contributed by atoms with Gasteiger partial charge in [-0.15, -0.1) is 22.7 Å². The molecular weight excluding hydrogens is 352 g/mol. The monoisotopic (exact) mass is 374 g/mol. The Hall–Kier alpha value is -1.70. The van der Waals surface area contributed by atoms with Gasteiger partial charge in [-0.3, -0.25) is 14.1 Å². The van der Waals surface area contributed by atoms with E-state index in [2.05, 4.69) is 38.1 Å². The number of hydrogen-bond acceptors (Lipinski definition) is 5. The first-order chi connectivity index (χ1) is 12.2. The van der Waals surface area contributed by atoms with Crippen molar-refractivity contribution in [2.75, 3.05) is 19.6 Å². The zero-order valence-electron chi connectivity index (χ0n) is 14.3. The van der Waals surface area contributed by atoms with E-state index in [9.17, 15) is 4.79 Å². The molecule has 1 N–H and O–H groups in total. The zero-order chi connectivity index (χ0) is 17.2. The number of aryl methyl sites for hydroxylation is 1. The molecule has 1 atom stereocenters. The molecule has 0 saturated carbocycles. The summed E-state index contributed by atoms with van der Waals surface area (Å²) < 4.78 is 2.21. The number of piperidine rings is 1. The number of thiophene rings is 1. The number of carbonyl (C=O) groups excluding carboxylic acids is 1. The second kappa shape index (κ2) is 7.27. The van der Waals surface area contributed by atoms with Crippen molar-refractivity contribution in [3.8, 4) is 0 Å². The molecule has 1 aliphatic heterocycles. The summed E-state index contributed by atoms with van der Waals surface area (Å²) in [5, 5.41) is 7.13. The number of likely N-dealkylation sites (tertiary alicyclic amines) is 1. The van der Waals surface area contributed by atoms with Crippen LogP contribution in [0.2, 0.25) is 0 Å². The van der Waals surface area contributed by atoms with Crippen molar-refractivity contribution in [1.29, 1.82) is 0 Å². The van der Waals surface area contributed by atoms with Crippen molar-refractivity contribution >= 4 is 33.5 Å². The van der Waals surface area contributed by atoms with E-state index in [-0.39, 0.29) is 5.91 Å². The van der Waals surface area contributed by atoms with Crippen LogP contribution in [-0.4, -0.2) is 39.8 Å².